The Morgan fingerprint density at radius 2 is 1.76 bits per heavy atom. The molecule has 10 heteroatoms. The highest BCUT2D eigenvalue weighted by atomic mass is 19.4. The van der Waals surface area contributed by atoms with Gasteiger partial charge in [-0.1, -0.05) is 36.8 Å². The fourth-order valence-electron chi connectivity index (χ4n) is 5.55. The molecule has 1 heterocycles. The fraction of sp³-hybridized carbons (Fsp3) is 0.444. The van der Waals surface area contributed by atoms with Crippen molar-refractivity contribution in [3.63, 3.8) is 0 Å². The minimum atomic E-state index is -4.44. The van der Waals surface area contributed by atoms with Gasteiger partial charge in [-0.05, 0) is 49.1 Å². The molecule has 198 valence electrons. The van der Waals surface area contributed by atoms with Crippen molar-refractivity contribution in [2.75, 3.05) is 11.4 Å². The van der Waals surface area contributed by atoms with Gasteiger partial charge in [0.25, 0.3) is 0 Å². The lowest BCUT2D eigenvalue weighted by atomic mass is 9.81. The average molecular weight is 519 g/mol. The number of alkyl halides is 3. The van der Waals surface area contributed by atoms with E-state index in [0.29, 0.717) is 24.2 Å². The van der Waals surface area contributed by atoms with E-state index in [0.717, 1.165) is 30.5 Å². The summed E-state index contributed by atoms with van der Waals surface area (Å²) in [6.07, 6.45) is -3.03. The van der Waals surface area contributed by atoms with Crippen LogP contribution < -0.4 is 4.90 Å². The molecule has 4 rings (SSSR count). The lowest BCUT2D eigenvalue weighted by Crippen LogP contribution is -2.52. The number of benzene rings is 2. The Hall–Kier alpha value is -3.56. The molecule has 37 heavy (non-hydrogen) atoms. The predicted molar refractivity (Wildman–Crippen MR) is 129 cm³/mol. The number of anilines is 1. The standard InChI is InChI=1S/C27H29F3N2O5/c1-2-31(23(33)14-15-24(34)35)25-19-6-3-4-8-21(19)32(22-9-5-7-20(22)25)26(36)37-16-17-10-12-18(13-11-17)27(28,29)30/h3-4,6,8,10-13,20,22,25H,2,5,7,9,14-16H2,1H3,(H,34,35). The third kappa shape index (κ3) is 5.57. The highest BCUT2D eigenvalue weighted by Crippen LogP contribution is 2.50. The van der Waals surface area contributed by atoms with Gasteiger partial charge in [-0.25, -0.2) is 4.79 Å². The molecule has 0 bridgehead atoms. The maximum absolute atomic E-state index is 13.3. The number of para-hydroxylation sites is 1. The van der Waals surface area contributed by atoms with E-state index in [-0.39, 0.29) is 43.4 Å². The molecule has 0 aromatic heterocycles. The molecule has 3 atom stereocenters. The maximum Gasteiger partial charge on any atom is 0.416 e. The molecule has 3 unspecified atom stereocenters. The number of halogens is 3. The molecule has 1 fully saturated rings. The number of carbonyl (C=O) groups excluding carboxylic acids is 2. The number of hydrogen-bond donors (Lipinski definition) is 1. The molecule has 7 nitrogen and oxygen atoms in total. The number of fused-ring (bicyclic) bond motifs is 2. The predicted octanol–water partition coefficient (Wildman–Crippen LogP) is 5.79. The highest BCUT2D eigenvalue weighted by Gasteiger charge is 2.48. The summed E-state index contributed by atoms with van der Waals surface area (Å²) in [4.78, 5) is 40.7. The van der Waals surface area contributed by atoms with Crippen LogP contribution in [0.15, 0.2) is 48.5 Å². The lowest BCUT2D eigenvalue weighted by Gasteiger charge is -2.46. The SMILES string of the molecule is CCN(C(=O)CCC(=O)O)C1c2ccccc2N(C(=O)OCc2ccc(C(F)(F)F)cc2)C2CCCC12. The lowest BCUT2D eigenvalue weighted by molar-refractivity contribution is -0.142. The maximum atomic E-state index is 13.3. The Morgan fingerprint density at radius 1 is 1.05 bits per heavy atom. The average Bonchev–Trinajstić information content (AvgIpc) is 3.35. The van der Waals surface area contributed by atoms with Crippen LogP contribution in [-0.2, 0) is 27.1 Å². The summed E-state index contributed by atoms with van der Waals surface area (Å²) in [5.41, 5.74) is 1.08. The molecular formula is C27H29F3N2O5. The first kappa shape index (κ1) is 26.5. The molecule has 2 aromatic carbocycles. The first-order valence-electron chi connectivity index (χ1n) is 12.3. The molecule has 1 aliphatic heterocycles. The van der Waals surface area contributed by atoms with Gasteiger partial charge in [-0.15, -0.1) is 0 Å². The normalized spacial score (nSPS) is 20.6. The summed E-state index contributed by atoms with van der Waals surface area (Å²) in [7, 11) is 0. The smallest absolute Gasteiger partial charge is 0.416 e. The van der Waals surface area contributed by atoms with Gasteiger partial charge in [-0.2, -0.15) is 13.2 Å². The first-order valence-corrected chi connectivity index (χ1v) is 12.3. The number of nitrogens with zero attached hydrogens (tertiary/aromatic N) is 2. The van der Waals surface area contributed by atoms with Crippen molar-refractivity contribution in [1.29, 1.82) is 0 Å². The van der Waals surface area contributed by atoms with E-state index < -0.39 is 23.8 Å². The van der Waals surface area contributed by atoms with Crippen LogP contribution in [0.2, 0.25) is 0 Å². The molecule has 2 amide bonds. The summed E-state index contributed by atoms with van der Waals surface area (Å²) in [5, 5.41) is 9.03. The number of amides is 2. The molecule has 2 aromatic rings. The van der Waals surface area contributed by atoms with Crippen LogP contribution >= 0.6 is 0 Å². The second kappa shape index (κ2) is 10.8. The highest BCUT2D eigenvalue weighted by molar-refractivity contribution is 5.91. The molecule has 1 N–H and O–H groups in total. The van der Waals surface area contributed by atoms with Crippen molar-refractivity contribution in [1.82, 2.24) is 4.90 Å². The van der Waals surface area contributed by atoms with E-state index in [1.165, 1.54) is 12.1 Å². The van der Waals surface area contributed by atoms with Crippen LogP contribution in [0.3, 0.4) is 0 Å². The van der Waals surface area contributed by atoms with Crippen molar-refractivity contribution in [3.05, 3.63) is 65.2 Å². The van der Waals surface area contributed by atoms with Crippen LogP contribution in [0.5, 0.6) is 0 Å². The summed E-state index contributed by atoms with van der Waals surface area (Å²) in [5.74, 6) is -1.33. The van der Waals surface area contributed by atoms with Crippen molar-refractivity contribution < 1.29 is 37.4 Å². The van der Waals surface area contributed by atoms with E-state index in [9.17, 15) is 27.6 Å². The fourth-order valence-corrected chi connectivity index (χ4v) is 5.55. The van der Waals surface area contributed by atoms with Gasteiger partial charge in [0, 0.05) is 24.9 Å². The summed E-state index contributed by atoms with van der Waals surface area (Å²) >= 11 is 0. The van der Waals surface area contributed by atoms with Crippen LogP contribution in [0, 0.1) is 5.92 Å². The van der Waals surface area contributed by atoms with Gasteiger partial charge in [0.1, 0.15) is 6.61 Å². The number of carboxylic acid groups (broad SMARTS) is 1. The van der Waals surface area contributed by atoms with Crippen LogP contribution in [0.25, 0.3) is 0 Å². The molecular weight excluding hydrogens is 489 g/mol. The topological polar surface area (TPSA) is 87.2 Å². The van der Waals surface area contributed by atoms with Gasteiger partial charge in [0.2, 0.25) is 5.91 Å². The van der Waals surface area contributed by atoms with E-state index >= 15 is 0 Å². The van der Waals surface area contributed by atoms with Gasteiger partial charge in [0.05, 0.1) is 23.7 Å². The van der Waals surface area contributed by atoms with E-state index in [4.69, 9.17) is 9.84 Å². The zero-order chi connectivity index (χ0) is 26.7. The van der Waals surface area contributed by atoms with Gasteiger partial charge >= 0.3 is 18.2 Å². The van der Waals surface area contributed by atoms with Gasteiger partial charge < -0.3 is 14.7 Å². The number of ether oxygens (including phenoxy) is 1. The Bertz CT molecular complexity index is 1150. The molecule has 0 radical (unpaired) electrons. The second-order valence-corrected chi connectivity index (χ2v) is 9.36. The zero-order valence-electron chi connectivity index (χ0n) is 20.4. The quantitative estimate of drug-likeness (QED) is 0.502. The Labute approximate surface area is 212 Å². The third-order valence-corrected chi connectivity index (χ3v) is 7.17. The monoisotopic (exact) mass is 518 g/mol. The van der Waals surface area contributed by atoms with Crippen LogP contribution in [0.1, 0.15) is 61.8 Å². The number of carboxylic acids is 1. The van der Waals surface area contributed by atoms with Crippen molar-refractivity contribution >= 4 is 23.7 Å². The molecule has 1 aliphatic carbocycles. The van der Waals surface area contributed by atoms with Crippen molar-refractivity contribution in [2.24, 2.45) is 5.92 Å². The van der Waals surface area contributed by atoms with E-state index in [1.54, 1.807) is 21.9 Å². The Kier molecular flexibility index (Phi) is 7.75. The number of hydrogen-bond acceptors (Lipinski definition) is 4. The Morgan fingerprint density at radius 3 is 2.41 bits per heavy atom. The minimum Gasteiger partial charge on any atom is -0.481 e. The van der Waals surface area contributed by atoms with Crippen LogP contribution in [-0.4, -0.2) is 40.6 Å². The largest absolute Gasteiger partial charge is 0.481 e. The Balaban J connectivity index is 1.58. The van der Waals surface area contributed by atoms with Gasteiger partial charge in [-0.3, -0.25) is 14.5 Å². The van der Waals surface area contributed by atoms with Crippen LogP contribution in [0.4, 0.5) is 23.7 Å². The first-order chi connectivity index (χ1) is 17.6. The van der Waals surface area contributed by atoms with Crippen molar-refractivity contribution in [3.8, 4) is 0 Å². The molecule has 1 saturated carbocycles. The van der Waals surface area contributed by atoms with Crippen molar-refractivity contribution in [2.45, 2.75) is 63.9 Å². The summed E-state index contributed by atoms with van der Waals surface area (Å²) in [6, 6.07) is 11.3. The number of rotatable bonds is 7. The summed E-state index contributed by atoms with van der Waals surface area (Å²) in [6.45, 7) is 2.08. The summed E-state index contributed by atoms with van der Waals surface area (Å²) < 4.78 is 44.1. The molecule has 0 spiro atoms. The molecule has 2 aliphatic rings. The zero-order valence-corrected chi connectivity index (χ0v) is 20.4. The second-order valence-electron chi connectivity index (χ2n) is 9.36. The minimum absolute atomic E-state index is 0.0535. The number of carbonyl (C=O) groups is 3. The molecule has 0 saturated heterocycles. The van der Waals surface area contributed by atoms with Gasteiger partial charge in [0.15, 0.2) is 0 Å². The number of aliphatic carboxylic acids is 1. The van der Waals surface area contributed by atoms with E-state index in [1.807, 2.05) is 19.1 Å². The van der Waals surface area contributed by atoms with E-state index in [2.05, 4.69) is 0 Å². The third-order valence-electron chi connectivity index (χ3n) is 7.17.